The number of phosphoric ester groups is 2. The molecule has 0 aromatic carbocycles. The Labute approximate surface area is 599 Å². The van der Waals surface area contributed by atoms with Crippen LogP contribution in [0.1, 0.15) is 382 Å². The van der Waals surface area contributed by atoms with E-state index in [1.54, 1.807) is 0 Å². The molecule has 0 aromatic rings. The molecule has 0 aliphatic carbocycles. The Morgan fingerprint density at radius 2 is 0.602 bits per heavy atom. The molecule has 0 spiro atoms. The van der Waals surface area contributed by atoms with Crippen molar-refractivity contribution in [3.63, 3.8) is 0 Å². The van der Waals surface area contributed by atoms with Gasteiger partial charge in [-0.15, -0.1) is 0 Å². The molecule has 7 atom stereocenters. The van der Waals surface area contributed by atoms with Gasteiger partial charge in [-0.05, 0) is 69.1 Å². The van der Waals surface area contributed by atoms with Gasteiger partial charge in [-0.1, -0.05) is 330 Å². The van der Waals surface area contributed by atoms with Crippen LogP contribution in [-0.2, 0) is 65.4 Å². The highest BCUT2D eigenvalue weighted by Crippen LogP contribution is 2.45. The summed E-state index contributed by atoms with van der Waals surface area (Å²) in [5.41, 5.74) is 0. The van der Waals surface area contributed by atoms with E-state index in [1.807, 2.05) is 0 Å². The summed E-state index contributed by atoms with van der Waals surface area (Å²) in [6.45, 7) is 11.8. The highest BCUT2D eigenvalue weighted by Gasteiger charge is 2.30. The van der Waals surface area contributed by atoms with E-state index < -0.39 is 97.5 Å². The third kappa shape index (κ3) is 69.3. The number of rotatable bonds is 75. The standard InChI is InChI=1S/C79H150O17P2/c1-8-11-12-13-14-15-16-17-22-27-30-33-39-48-55-62-78(83)95-74(66-89-76(81)60-53-46-38-32-29-26-24-21-19-18-20-23-25-28-31-37-44-51-58-71(6)9-2)68-93-97(85,86)91-64-73(80)65-92-98(87,88)94-69-75(67-90-77(82)61-54-47-42-41-45-52-59-72(7)10-3)96-79(84)63-56-49-40-35-34-36-43-50-57-70(4)5/h15-17,22,70-75,80H,8-14,18-21,23-69H2,1-7H3,(H,85,86)(H,87,88)/b16-15-,22-17-/t71?,72?,73-,74-,75-/m1/s1. The zero-order valence-corrected chi connectivity index (χ0v) is 65.5. The summed E-state index contributed by atoms with van der Waals surface area (Å²) in [4.78, 5) is 72.8. The van der Waals surface area contributed by atoms with E-state index in [2.05, 4.69) is 72.8 Å². The maximum absolute atomic E-state index is 13.1. The average molecular weight is 1430 g/mol. The molecule has 0 amide bonds. The quantitative estimate of drug-likeness (QED) is 0.0169. The molecule has 0 aliphatic rings. The first kappa shape index (κ1) is 95.5. The van der Waals surface area contributed by atoms with Crippen LogP contribution >= 0.6 is 15.6 Å². The maximum Gasteiger partial charge on any atom is 0.472 e. The molecular formula is C79H150O17P2. The van der Waals surface area contributed by atoms with Crippen molar-refractivity contribution in [3.8, 4) is 0 Å². The fraction of sp³-hybridized carbons (Fsp3) is 0.899. The molecule has 0 rings (SSSR count). The monoisotopic (exact) mass is 1430 g/mol. The van der Waals surface area contributed by atoms with Crippen molar-refractivity contribution in [1.82, 2.24) is 0 Å². The summed E-state index contributed by atoms with van der Waals surface area (Å²) in [6.07, 6.45) is 59.3. The molecule has 0 bridgehead atoms. The second-order valence-electron chi connectivity index (χ2n) is 28.7. The number of ether oxygens (including phenoxy) is 4. The second kappa shape index (κ2) is 68.9. The van der Waals surface area contributed by atoms with Gasteiger partial charge in [0.15, 0.2) is 12.2 Å². The Morgan fingerprint density at radius 1 is 0.337 bits per heavy atom. The third-order valence-corrected chi connectivity index (χ3v) is 20.4. The molecule has 98 heavy (non-hydrogen) atoms. The lowest BCUT2D eigenvalue weighted by atomic mass is 9.99. The summed E-state index contributed by atoms with van der Waals surface area (Å²) in [7, 11) is -9.93. The molecule has 0 saturated carbocycles. The van der Waals surface area contributed by atoms with Crippen molar-refractivity contribution >= 4 is 39.5 Å². The number of phosphoric acid groups is 2. The van der Waals surface area contributed by atoms with Crippen molar-refractivity contribution in [2.45, 2.75) is 401 Å². The average Bonchev–Trinajstić information content (AvgIpc) is 1.10. The number of aliphatic hydroxyl groups is 1. The van der Waals surface area contributed by atoms with Gasteiger partial charge in [0.2, 0.25) is 0 Å². The van der Waals surface area contributed by atoms with Gasteiger partial charge in [-0.2, -0.15) is 0 Å². The Hall–Kier alpha value is -2.46. The van der Waals surface area contributed by atoms with Gasteiger partial charge >= 0.3 is 39.5 Å². The second-order valence-corrected chi connectivity index (χ2v) is 31.6. The molecule has 0 aromatic heterocycles. The van der Waals surface area contributed by atoms with Crippen molar-refractivity contribution in [2.24, 2.45) is 17.8 Å². The van der Waals surface area contributed by atoms with Gasteiger partial charge in [0.25, 0.3) is 0 Å². The minimum atomic E-state index is -4.97. The highest BCUT2D eigenvalue weighted by molar-refractivity contribution is 7.47. The first-order valence-electron chi connectivity index (χ1n) is 40.2. The molecule has 4 unspecified atom stereocenters. The van der Waals surface area contributed by atoms with Gasteiger partial charge in [-0.3, -0.25) is 37.3 Å². The molecule has 0 radical (unpaired) electrons. The largest absolute Gasteiger partial charge is 0.472 e. The fourth-order valence-corrected chi connectivity index (χ4v) is 13.1. The van der Waals surface area contributed by atoms with Crippen molar-refractivity contribution in [1.29, 1.82) is 0 Å². The predicted octanol–water partition coefficient (Wildman–Crippen LogP) is 22.9. The fourth-order valence-electron chi connectivity index (χ4n) is 11.5. The minimum Gasteiger partial charge on any atom is -0.462 e. The van der Waals surface area contributed by atoms with Crippen LogP contribution in [-0.4, -0.2) is 96.7 Å². The number of unbranched alkanes of at least 4 members (excludes halogenated alkanes) is 38. The van der Waals surface area contributed by atoms with E-state index in [4.69, 9.17) is 37.0 Å². The van der Waals surface area contributed by atoms with Crippen LogP contribution in [0.4, 0.5) is 0 Å². The Balaban J connectivity index is 5.22. The van der Waals surface area contributed by atoms with Gasteiger partial charge in [-0.25, -0.2) is 9.13 Å². The van der Waals surface area contributed by atoms with Crippen LogP contribution in [0.3, 0.4) is 0 Å². The summed E-state index contributed by atoms with van der Waals surface area (Å²) in [6, 6.07) is 0. The molecule has 578 valence electrons. The highest BCUT2D eigenvalue weighted by atomic mass is 31.2. The Morgan fingerprint density at radius 3 is 0.908 bits per heavy atom. The lowest BCUT2D eigenvalue weighted by molar-refractivity contribution is -0.161. The number of carbonyl (C=O) groups excluding carboxylic acids is 4. The first-order chi connectivity index (χ1) is 47.3. The van der Waals surface area contributed by atoms with Crippen LogP contribution < -0.4 is 0 Å². The van der Waals surface area contributed by atoms with Gasteiger partial charge in [0, 0.05) is 25.7 Å². The maximum atomic E-state index is 13.1. The number of hydrogen-bond acceptors (Lipinski definition) is 15. The van der Waals surface area contributed by atoms with Gasteiger partial charge in [0.1, 0.15) is 19.3 Å². The van der Waals surface area contributed by atoms with Crippen molar-refractivity contribution in [3.05, 3.63) is 24.3 Å². The van der Waals surface area contributed by atoms with E-state index >= 15 is 0 Å². The van der Waals surface area contributed by atoms with Crippen LogP contribution in [0.5, 0.6) is 0 Å². The number of hydrogen-bond donors (Lipinski definition) is 3. The smallest absolute Gasteiger partial charge is 0.462 e. The summed E-state index contributed by atoms with van der Waals surface area (Å²) in [5.74, 6) is 0.169. The van der Waals surface area contributed by atoms with E-state index in [0.717, 1.165) is 121 Å². The number of aliphatic hydroxyl groups excluding tert-OH is 1. The van der Waals surface area contributed by atoms with Gasteiger partial charge < -0.3 is 33.8 Å². The lowest BCUT2D eigenvalue weighted by Crippen LogP contribution is -2.30. The normalized spacial score (nSPS) is 14.7. The molecule has 17 nitrogen and oxygen atoms in total. The van der Waals surface area contributed by atoms with Crippen LogP contribution in [0, 0.1) is 17.8 Å². The zero-order valence-electron chi connectivity index (χ0n) is 63.7. The lowest BCUT2D eigenvalue weighted by Gasteiger charge is -2.21. The summed E-state index contributed by atoms with van der Waals surface area (Å²) >= 11 is 0. The van der Waals surface area contributed by atoms with E-state index in [1.165, 1.54) is 173 Å². The molecule has 19 heteroatoms. The predicted molar refractivity (Wildman–Crippen MR) is 400 cm³/mol. The summed E-state index contributed by atoms with van der Waals surface area (Å²) < 4.78 is 68.5. The Bertz CT molecular complexity index is 2000. The number of carbonyl (C=O) groups is 4. The van der Waals surface area contributed by atoms with Gasteiger partial charge in [0.05, 0.1) is 26.4 Å². The Kier molecular flexibility index (Phi) is 67.2. The number of allylic oxidation sites excluding steroid dienone is 4. The van der Waals surface area contributed by atoms with E-state index in [0.29, 0.717) is 31.6 Å². The number of esters is 4. The third-order valence-electron chi connectivity index (χ3n) is 18.5. The molecule has 0 aliphatic heterocycles. The minimum absolute atomic E-state index is 0.0851. The van der Waals surface area contributed by atoms with Crippen LogP contribution in [0.2, 0.25) is 0 Å². The van der Waals surface area contributed by atoms with E-state index in [9.17, 15) is 43.2 Å². The molecule has 0 saturated heterocycles. The van der Waals surface area contributed by atoms with Crippen molar-refractivity contribution in [2.75, 3.05) is 39.6 Å². The van der Waals surface area contributed by atoms with Crippen LogP contribution in [0.25, 0.3) is 0 Å². The first-order valence-corrected chi connectivity index (χ1v) is 43.2. The molecular weight excluding hydrogens is 1280 g/mol. The summed E-state index contributed by atoms with van der Waals surface area (Å²) in [5, 5.41) is 10.6. The van der Waals surface area contributed by atoms with Crippen molar-refractivity contribution < 1.29 is 80.2 Å². The molecule has 0 heterocycles. The molecule has 3 N–H and O–H groups in total. The topological polar surface area (TPSA) is 237 Å². The SMILES string of the molecule is CCCCCC/C=C\C=C/CCCCCCCC(=O)O[C@H](COC(=O)CCCCCCCCCCCCCCCCCCCCC(C)CC)COP(=O)(O)OC[C@@H](O)COP(=O)(O)OC[C@@H](COC(=O)CCCCCCCCC(C)CC)OC(=O)CCCCCCCCCCC(C)C. The van der Waals surface area contributed by atoms with Crippen LogP contribution in [0.15, 0.2) is 24.3 Å². The zero-order chi connectivity index (χ0) is 72.3. The van der Waals surface area contributed by atoms with E-state index in [-0.39, 0.29) is 25.7 Å². The molecule has 0 fully saturated rings.